The lowest BCUT2D eigenvalue weighted by atomic mass is 10.2. The van der Waals surface area contributed by atoms with Gasteiger partial charge >= 0.3 is 0 Å². The van der Waals surface area contributed by atoms with Gasteiger partial charge in [0.1, 0.15) is 6.54 Å². The number of aromatic nitrogens is 3. The molecular weight excluding hydrogens is 246 g/mol. The van der Waals surface area contributed by atoms with Gasteiger partial charge in [0.2, 0.25) is 5.91 Å². The topological polar surface area (TPSA) is 81.1 Å². The molecule has 0 radical (unpaired) electrons. The van der Waals surface area contributed by atoms with Crippen molar-refractivity contribution >= 4 is 5.91 Å². The Morgan fingerprint density at radius 1 is 1.63 bits per heavy atom. The molecule has 1 saturated heterocycles. The number of hydrogen-bond acceptors (Lipinski definition) is 5. The van der Waals surface area contributed by atoms with Gasteiger partial charge in [0.15, 0.2) is 0 Å². The minimum atomic E-state index is -0.0598. The predicted molar refractivity (Wildman–Crippen MR) is 69.4 cm³/mol. The van der Waals surface area contributed by atoms with E-state index < -0.39 is 0 Å². The van der Waals surface area contributed by atoms with Crippen molar-refractivity contribution in [2.45, 2.75) is 39.0 Å². The van der Waals surface area contributed by atoms with Gasteiger partial charge in [-0.05, 0) is 19.4 Å². The molecule has 2 rings (SSSR count). The highest BCUT2D eigenvalue weighted by Crippen LogP contribution is 2.10. The number of ether oxygens (including phenoxy) is 1. The van der Waals surface area contributed by atoms with Crippen molar-refractivity contribution in [2.24, 2.45) is 0 Å². The maximum Gasteiger partial charge on any atom is 0.241 e. The molecule has 2 N–H and O–H groups in total. The monoisotopic (exact) mass is 267 g/mol. The van der Waals surface area contributed by atoms with E-state index >= 15 is 0 Å². The van der Waals surface area contributed by atoms with Crippen molar-refractivity contribution in [2.75, 3.05) is 19.7 Å². The number of hydrogen-bond donors (Lipinski definition) is 2. The van der Waals surface area contributed by atoms with Gasteiger partial charge in [-0.2, -0.15) is 0 Å². The molecule has 1 amide bonds. The van der Waals surface area contributed by atoms with E-state index in [-0.39, 0.29) is 18.6 Å². The summed E-state index contributed by atoms with van der Waals surface area (Å²) in [4.78, 5) is 11.7. The smallest absolute Gasteiger partial charge is 0.241 e. The highest BCUT2D eigenvalue weighted by atomic mass is 16.5. The summed E-state index contributed by atoms with van der Waals surface area (Å²) in [6, 6.07) is 0. The Bertz CT molecular complexity index is 401. The molecular formula is C12H21N5O2. The van der Waals surface area contributed by atoms with Crippen LogP contribution in [0.3, 0.4) is 0 Å². The number of amides is 1. The number of carbonyl (C=O) groups excluding carboxylic acids is 1. The fourth-order valence-corrected chi connectivity index (χ4v) is 1.99. The molecule has 1 aliphatic heterocycles. The predicted octanol–water partition coefficient (Wildman–Crippen LogP) is -0.317. The summed E-state index contributed by atoms with van der Waals surface area (Å²) in [7, 11) is 0. The van der Waals surface area contributed by atoms with Crippen LogP contribution in [-0.4, -0.2) is 46.7 Å². The zero-order valence-electron chi connectivity index (χ0n) is 11.3. The second kappa shape index (κ2) is 7.20. The van der Waals surface area contributed by atoms with Gasteiger partial charge < -0.3 is 15.4 Å². The molecule has 19 heavy (non-hydrogen) atoms. The minimum absolute atomic E-state index is 0.0598. The average molecular weight is 267 g/mol. The summed E-state index contributed by atoms with van der Waals surface area (Å²) in [5, 5.41) is 13.9. The number of rotatable bonds is 7. The van der Waals surface area contributed by atoms with Crippen molar-refractivity contribution in [3.63, 3.8) is 0 Å². The fourth-order valence-electron chi connectivity index (χ4n) is 1.99. The molecule has 0 saturated carbocycles. The molecule has 106 valence electrons. The fraction of sp³-hybridized carbons (Fsp3) is 0.750. The van der Waals surface area contributed by atoms with E-state index in [9.17, 15) is 4.79 Å². The van der Waals surface area contributed by atoms with Gasteiger partial charge in [-0.15, -0.1) is 5.10 Å². The van der Waals surface area contributed by atoms with Crippen LogP contribution in [0.1, 0.15) is 25.5 Å². The van der Waals surface area contributed by atoms with Gasteiger partial charge in [-0.3, -0.25) is 4.79 Å². The van der Waals surface area contributed by atoms with Crippen LogP contribution >= 0.6 is 0 Å². The molecule has 0 aromatic carbocycles. The maximum absolute atomic E-state index is 11.7. The van der Waals surface area contributed by atoms with Crippen molar-refractivity contribution in [1.29, 1.82) is 0 Å². The first kappa shape index (κ1) is 14.0. The van der Waals surface area contributed by atoms with Crippen LogP contribution in [-0.2, 0) is 22.6 Å². The zero-order valence-corrected chi connectivity index (χ0v) is 11.3. The third kappa shape index (κ3) is 4.60. The van der Waals surface area contributed by atoms with E-state index in [2.05, 4.69) is 20.9 Å². The van der Waals surface area contributed by atoms with E-state index in [1.54, 1.807) is 10.9 Å². The van der Waals surface area contributed by atoms with Crippen LogP contribution in [0.25, 0.3) is 0 Å². The molecule has 7 nitrogen and oxygen atoms in total. The molecule has 1 fully saturated rings. The van der Waals surface area contributed by atoms with Crippen molar-refractivity contribution < 1.29 is 9.53 Å². The molecule has 1 aliphatic rings. The summed E-state index contributed by atoms with van der Waals surface area (Å²) in [5.74, 6) is -0.0598. The highest BCUT2D eigenvalue weighted by Gasteiger charge is 2.16. The quantitative estimate of drug-likeness (QED) is 0.708. The molecule has 0 bridgehead atoms. The highest BCUT2D eigenvalue weighted by molar-refractivity contribution is 5.75. The first-order chi connectivity index (χ1) is 9.28. The Morgan fingerprint density at radius 3 is 3.26 bits per heavy atom. The largest absolute Gasteiger partial charge is 0.376 e. The second-order valence-electron chi connectivity index (χ2n) is 4.63. The second-order valence-corrected chi connectivity index (χ2v) is 4.63. The van der Waals surface area contributed by atoms with E-state index in [1.165, 1.54) is 0 Å². The van der Waals surface area contributed by atoms with Crippen LogP contribution in [0.5, 0.6) is 0 Å². The van der Waals surface area contributed by atoms with Gasteiger partial charge in [0, 0.05) is 19.7 Å². The molecule has 2 heterocycles. The van der Waals surface area contributed by atoms with Crippen LogP contribution in [0, 0.1) is 0 Å². The number of nitrogens with zero attached hydrogens (tertiary/aromatic N) is 3. The average Bonchev–Trinajstić information content (AvgIpc) is 3.05. The number of carbonyl (C=O) groups is 1. The Balaban J connectivity index is 1.70. The third-order valence-electron chi connectivity index (χ3n) is 3.00. The molecule has 1 aromatic rings. The van der Waals surface area contributed by atoms with Crippen LogP contribution in [0.4, 0.5) is 0 Å². The van der Waals surface area contributed by atoms with Crippen molar-refractivity contribution in [3.05, 3.63) is 11.9 Å². The third-order valence-corrected chi connectivity index (χ3v) is 3.00. The summed E-state index contributed by atoms with van der Waals surface area (Å²) >= 11 is 0. The summed E-state index contributed by atoms with van der Waals surface area (Å²) in [6.45, 7) is 5.17. The minimum Gasteiger partial charge on any atom is -0.376 e. The van der Waals surface area contributed by atoms with E-state index in [4.69, 9.17) is 4.74 Å². The lowest BCUT2D eigenvalue weighted by Crippen LogP contribution is -2.34. The summed E-state index contributed by atoms with van der Waals surface area (Å²) in [5.41, 5.74) is 0.841. The summed E-state index contributed by atoms with van der Waals surface area (Å²) < 4.78 is 7.00. The first-order valence-corrected chi connectivity index (χ1v) is 6.76. The molecule has 0 spiro atoms. The van der Waals surface area contributed by atoms with Gasteiger partial charge in [-0.1, -0.05) is 12.1 Å². The molecule has 7 heteroatoms. The standard InChI is InChI=1S/C12H21N5O2/c1-2-13-6-10-8-17(16-15-10)9-12(18)14-7-11-4-3-5-19-11/h8,11,13H,2-7,9H2,1H3,(H,14,18). The lowest BCUT2D eigenvalue weighted by molar-refractivity contribution is -0.122. The van der Waals surface area contributed by atoms with Gasteiger partial charge in [0.05, 0.1) is 18.0 Å². The Kier molecular flexibility index (Phi) is 5.29. The normalized spacial score (nSPS) is 18.7. The molecule has 1 aromatic heterocycles. The maximum atomic E-state index is 11.7. The van der Waals surface area contributed by atoms with Crippen molar-refractivity contribution in [3.8, 4) is 0 Å². The molecule has 1 unspecified atom stereocenters. The Hall–Kier alpha value is -1.47. The van der Waals surface area contributed by atoms with Gasteiger partial charge in [-0.25, -0.2) is 4.68 Å². The van der Waals surface area contributed by atoms with Crippen LogP contribution in [0.15, 0.2) is 6.20 Å². The lowest BCUT2D eigenvalue weighted by Gasteiger charge is -2.10. The summed E-state index contributed by atoms with van der Waals surface area (Å²) in [6.07, 6.45) is 4.06. The SMILES string of the molecule is CCNCc1cn(CC(=O)NCC2CCCO2)nn1. The number of nitrogens with one attached hydrogen (secondary N) is 2. The zero-order chi connectivity index (χ0) is 13.5. The Labute approximate surface area is 112 Å². The molecule has 0 aliphatic carbocycles. The Morgan fingerprint density at radius 2 is 2.53 bits per heavy atom. The van der Waals surface area contributed by atoms with E-state index in [1.807, 2.05) is 6.92 Å². The van der Waals surface area contributed by atoms with E-state index in [0.717, 1.165) is 31.7 Å². The van der Waals surface area contributed by atoms with E-state index in [0.29, 0.717) is 13.1 Å². The molecule has 1 atom stereocenters. The first-order valence-electron chi connectivity index (χ1n) is 6.76. The van der Waals surface area contributed by atoms with Crippen LogP contribution in [0.2, 0.25) is 0 Å². The van der Waals surface area contributed by atoms with Crippen LogP contribution < -0.4 is 10.6 Å². The van der Waals surface area contributed by atoms with Crippen molar-refractivity contribution in [1.82, 2.24) is 25.6 Å². The van der Waals surface area contributed by atoms with Gasteiger partial charge in [0.25, 0.3) is 0 Å².